The van der Waals surface area contributed by atoms with Gasteiger partial charge >= 0.3 is 0 Å². The van der Waals surface area contributed by atoms with E-state index in [9.17, 15) is 4.79 Å². The highest BCUT2D eigenvalue weighted by Crippen LogP contribution is 2.31. The van der Waals surface area contributed by atoms with Crippen LogP contribution in [0.2, 0.25) is 0 Å². The standard InChI is InChI=1S/C24H31NO4/c1-5-21(19-11-13-22(27-3)23(15-19)28-4)25-24(26)16(2)29-20-12-10-17-8-6-7-9-18(17)14-20/h10-16,21H,5-9H2,1-4H3,(H,25,26)/t16-,21+/m0/s1. The average molecular weight is 398 g/mol. The number of carbonyl (C=O) groups is 1. The lowest BCUT2D eigenvalue weighted by atomic mass is 9.92. The van der Waals surface area contributed by atoms with E-state index < -0.39 is 6.10 Å². The van der Waals surface area contributed by atoms with Crippen molar-refractivity contribution in [3.05, 3.63) is 53.1 Å². The molecule has 0 unspecified atom stereocenters. The predicted octanol–water partition coefficient (Wildman–Crippen LogP) is 4.62. The molecule has 2 aromatic carbocycles. The number of methoxy groups -OCH3 is 2. The van der Waals surface area contributed by atoms with Crippen molar-refractivity contribution >= 4 is 5.91 Å². The molecule has 1 amide bonds. The third kappa shape index (κ3) is 5.03. The molecule has 29 heavy (non-hydrogen) atoms. The first-order chi connectivity index (χ1) is 14.0. The number of hydrogen-bond donors (Lipinski definition) is 1. The molecule has 5 nitrogen and oxygen atoms in total. The SMILES string of the molecule is CC[C@@H](NC(=O)[C@H](C)Oc1ccc2c(c1)CCCC2)c1ccc(OC)c(OC)c1. The maximum absolute atomic E-state index is 12.8. The maximum Gasteiger partial charge on any atom is 0.261 e. The fraction of sp³-hybridized carbons (Fsp3) is 0.458. The zero-order chi connectivity index (χ0) is 20.8. The molecule has 0 fully saturated rings. The van der Waals surface area contributed by atoms with E-state index in [1.54, 1.807) is 21.1 Å². The molecule has 156 valence electrons. The summed E-state index contributed by atoms with van der Waals surface area (Å²) < 4.78 is 16.6. The molecule has 2 atom stereocenters. The average Bonchev–Trinajstić information content (AvgIpc) is 2.76. The van der Waals surface area contributed by atoms with E-state index in [0.29, 0.717) is 11.5 Å². The molecule has 1 aliphatic carbocycles. The summed E-state index contributed by atoms with van der Waals surface area (Å²) in [6.45, 7) is 3.83. The molecule has 0 heterocycles. The van der Waals surface area contributed by atoms with Crippen LogP contribution in [0.15, 0.2) is 36.4 Å². The molecule has 0 radical (unpaired) electrons. The summed E-state index contributed by atoms with van der Waals surface area (Å²) in [6.07, 6.45) is 4.87. The zero-order valence-electron chi connectivity index (χ0n) is 17.8. The highest BCUT2D eigenvalue weighted by molar-refractivity contribution is 5.81. The first-order valence-electron chi connectivity index (χ1n) is 10.4. The van der Waals surface area contributed by atoms with Gasteiger partial charge in [0.25, 0.3) is 5.91 Å². The summed E-state index contributed by atoms with van der Waals surface area (Å²) in [5.41, 5.74) is 3.72. The molecular formula is C24H31NO4. The van der Waals surface area contributed by atoms with Crippen LogP contribution in [-0.2, 0) is 17.6 Å². The van der Waals surface area contributed by atoms with E-state index in [0.717, 1.165) is 30.6 Å². The molecular weight excluding hydrogens is 366 g/mol. The van der Waals surface area contributed by atoms with E-state index in [1.807, 2.05) is 31.2 Å². The summed E-state index contributed by atoms with van der Waals surface area (Å²) >= 11 is 0. The van der Waals surface area contributed by atoms with E-state index in [2.05, 4.69) is 17.4 Å². The van der Waals surface area contributed by atoms with Crippen LogP contribution < -0.4 is 19.5 Å². The number of fused-ring (bicyclic) bond motifs is 1. The van der Waals surface area contributed by atoms with Crippen molar-refractivity contribution in [3.8, 4) is 17.2 Å². The Morgan fingerprint density at radius 2 is 1.72 bits per heavy atom. The van der Waals surface area contributed by atoms with E-state index in [4.69, 9.17) is 14.2 Å². The summed E-state index contributed by atoms with van der Waals surface area (Å²) in [4.78, 5) is 12.8. The number of nitrogens with one attached hydrogen (secondary N) is 1. The number of amides is 1. The summed E-state index contributed by atoms with van der Waals surface area (Å²) in [5.74, 6) is 1.94. The normalized spacial score (nSPS) is 15.0. The molecule has 3 rings (SSSR count). The Kier molecular flexibility index (Phi) is 7.02. The van der Waals surface area contributed by atoms with Crippen LogP contribution in [-0.4, -0.2) is 26.2 Å². The molecule has 1 N–H and O–H groups in total. The van der Waals surface area contributed by atoms with Gasteiger partial charge in [-0.15, -0.1) is 0 Å². The van der Waals surface area contributed by atoms with Gasteiger partial charge in [-0.25, -0.2) is 0 Å². The number of aryl methyl sites for hydroxylation is 2. The molecule has 0 saturated carbocycles. The number of carbonyl (C=O) groups excluding carboxylic acids is 1. The van der Waals surface area contributed by atoms with Crippen molar-refractivity contribution in [1.82, 2.24) is 5.32 Å². The van der Waals surface area contributed by atoms with Gasteiger partial charge in [0.2, 0.25) is 0 Å². The lowest BCUT2D eigenvalue weighted by Gasteiger charge is -2.22. The van der Waals surface area contributed by atoms with Gasteiger partial charge in [0, 0.05) is 0 Å². The van der Waals surface area contributed by atoms with Crippen LogP contribution >= 0.6 is 0 Å². The van der Waals surface area contributed by atoms with Gasteiger partial charge < -0.3 is 19.5 Å². The van der Waals surface area contributed by atoms with Gasteiger partial charge in [-0.1, -0.05) is 19.1 Å². The molecule has 5 heteroatoms. The van der Waals surface area contributed by atoms with Crippen molar-refractivity contribution in [2.45, 2.75) is 58.1 Å². The van der Waals surface area contributed by atoms with Crippen molar-refractivity contribution < 1.29 is 19.0 Å². The third-order valence-electron chi connectivity index (χ3n) is 5.54. The largest absolute Gasteiger partial charge is 0.493 e. The molecule has 0 saturated heterocycles. The van der Waals surface area contributed by atoms with Crippen LogP contribution in [0.4, 0.5) is 0 Å². The number of rotatable bonds is 8. The molecule has 0 spiro atoms. The second-order valence-corrected chi connectivity index (χ2v) is 7.48. The second-order valence-electron chi connectivity index (χ2n) is 7.48. The molecule has 2 aromatic rings. The topological polar surface area (TPSA) is 56.8 Å². The predicted molar refractivity (Wildman–Crippen MR) is 114 cm³/mol. The first kappa shape index (κ1) is 21.0. The highest BCUT2D eigenvalue weighted by atomic mass is 16.5. The Labute approximate surface area is 173 Å². The minimum Gasteiger partial charge on any atom is -0.493 e. The van der Waals surface area contributed by atoms with Gasteiger partial charge in [0.15, 0.2) is 17.6 Å². The highest BCUT2D eigenvalue weighted by Gasteiger charge is 2.21. The Morgan fingerprint density at radius 3 is 2.41 bits per heavy atom. The van der Waals surface area contributed by atoms with Gasteiger partial charge in [-0.05, 0) is 80.0 Å². The summed E-state index contributed by atoms with van der Waals surface area (Å²) in [7, 11) is 3.21. The lowest BCUT2D eigenvalue weighted by Crippen LogP contribution is -2.38. The minimum absolute atomic E-state index is 0.128. The lowest BCUT2D eigenvalue weighted by molar-refractivity contribution is -0.128. The van der Waals surface area contributed by atoms with Crippen molar-refractivity contribution in [2.75, 3.05) is 14.2 Å². The van der Waals surface area contributed by atoms with Crippen LogP contribution in [0.1, 0.15) is 55.8 Å². The van der Waals surface area contributed by atoms with Gasteiger partial charge in [0.1, 0.15) is 5.75 Å². The summed E-state index contributed by atoms with van der Waals surface area (Å²) in [5, 5.41) is 3.09. The minimum atomic E-state index is -0.578. The van der Waals surface area contributed by atoms with Gasteiger partial charge in [-0.2, -0.15) is 0 Å². The van der Waals surface area contributed by atoms with Crippen LogP contribution in [0, 0.1) is 0 Å². The fourth-order valence-electron chi connectivity index (χ4n) is 3.82. The van der Waals surface area contributed by atoms with Gasteiger partial charge in [0.05, 0.1) is 20.3 Å². The number of benzene rings is 2. The third-order valence-corrected chi connectivity index (χ3v) is 5.54. The molecule has 0 aliphatic heterocycles. The van der Waals surface area contributed by atoms with Crippen LogP contribution in [0.5, 0.6) is 17.2 Å². The monoisotopic (exact) mass is 397 g/mol. The Balaban J connectivity index is 1.66. The molecule has 0 aromatic heterocycles. The van der Waals surface area contributed by atoms with Crippen molar-refractivity contribution in [3.63, 3.8) is 0 Å². The number of hydrogen-bond acceptors (Lipinski definition) is 4. The van der Waals surface area contributed by atoms with Crippen molar-refractivity contribution in [1.29, 1.82) is 0 Å². The smallest absolute Gasteiger partial charge is 0.261 e. The number of ether oxygens (including phenoxy) is 3. The van der Waals surface area contributed by atoms with E-state index >= 15 is 0 Å². The Hall–Kier alpha value is -2.69. The summed E-state index contributed by atoms with van der Waals surface area (Å²) in [6, 6.07) is 11.8. The van der Waals surface area contributed by atoms with Crippen molar-refractivity contribution in [2.24, 2.45) is 0 Å². The fourth-order valence-corrected chi connectivity index (χ4v) is 3.82. The Bertz CT molecular complexity index is 849. The molecule has 0 bridgehead atoms. The van der Waals surface area contributed by atoms with Gasteiger partial charge in [-0.3, -0.25) is 4.79 Å². The second kappa shape index (κ2) is 9.68. The maximum atomic E-state index is 12.8. The molecule has 1 aliphatic rings. The van der Waals surface area contributed by atoms with E-state index in [1.165, 1.54) is 24.0 Å². The Morgan fingerprint density at radius 1 is 1.00 bits per heavy atom. The first-order valence-corrected chi connectivity index (χ1v) is 10.4. The van der Waals surface area contributed by atoms with Crippen LogP contribution in [0.25, 0.3) is 0 Å². The zero-order valence-corrected chi connectivity index (χ0v) is 17.8. The quantitative estimate of drug-likeness (QED) is 0.706. The van der Waals surface area contributed by atoms with E-state index in [-0.39, 0.29) is 11.9 Å². The van der Waals surface area contributed by atoms with Crippen LogP contribution in [0.3, 0.4) is 0 Å².